The normalized spacial score (nSPS) is 23.5. The largest absolute Gasteiger partial charge is 0.370 e. The van der Waals surface area contributed by atoms with Gasteiger partial charge >= 0.3 is 0 Å². The van der Waals surface area contributed by atoms with Crippen LogP contribution in [0.15, 0.2) is 35.3 Å². The molecular formula is C22H32N6O3. The number of rotatable bonds is 10. The SMILES string of the molecule is NC(N)=NCCC[C@@H](C=O)NC(=O)[C@@H]1CCCN1C(=O)C1(Cc2ccccc2)CCN1. The van der Waals surface area contributed by atoms with Crippen LogP contribution in [0.25, 0.3) is 0 Å². The van der Waals surface area contributed by atoms with Crippen LogP contribution in [0.5, 0.6) is 0 Å². The molecule has 1 aromatic rings. The first-order chi connectivity index (χ1) is 14.9. The zero-order valence-electron chi connectivity index (χ0n) is 17.8. The van der Waals surface area contributed by atoms with Gasteiger partial charge in [-0.15, -0.1) is 0 Å². The van der Waals surface area contributed by atoms with Crippen molar-refractivity contribution >= 4 is 24.1 Å². The Balaban J connectivity index is 1.61. The van der Waals surface area contributed by atoms with E-state index in [-0.39, 0.29) is 17.8 Å². The van der Waals surface area contributed by atoms with Crippen molar-refractivity contribution in [2.45, 2.75) is 56.1 Å². The van der Waals surface area contributed by atoms with Crippen LogP contribution in [0.1, 0.15) is 37.7 Å². The fraction of sp³-hybridized carbons (Fsp3) is 0.545. The van der Waals surface area contributed by atoms with Crippen LogP contribution in [0.3, 0.4) is 0 Å². The number of hydrogen-bond donors (Lipinski definition) is 4. The summed E-state index contributed by atoms with van der Waals surface area (Å²) < 4.78 is 0. The average molecular weight is 429 g/mol. The van der Waals surface area contributed by atoms with Gasteiger partial charge in [0.25, 0.3) is 0 Å². The first-order valence-corrected chi connectivity index (χ1v) is 10.9. The molecule has 0 radical (unpaired) electrons. The third-order valence-electron chi connectivity index (χ3n) is 6.05. The molecule has 0 bridgehead atoms. The summed E-state index contributed by atoms with van der Waals surface area (Å²) in [6.45, 7) is 1.72. The second-order valence-electron chi connectivity index (χ2n) is 8.28. The second-order valence-corrected chi connectivity index (χ2v) is 8.28. The molecule has 31 heavy (non-hydrogen) atoms. The molecule has 2 aliphatic rings. The number of guanidine groups is 1. The number of amides is 2. The fourth-order valence-corrected chi connectivity index (χ4v) is 4.31. The standard InChI is InChI=1S/C22H32N6O3/c23-21(24)25-11-4-8-17(15-29)27-19(30)18-9-5-13-28(18)20(31)22(10-12-26-22)14-16-6-2-1-3-7-16/h1-3,6-7,15,17-18,26H,4-5,8-14H2,(H,27,30)(H4,23,24,25)/t17-,18-,22?/m0/s1. The minimum Gasteiger partial charge on any atom is -0.370 e. The minimum atomic E-state index is -0.658. The highest BCUT2D eigenvalue weighted by Gasteiger charge is 2.49. The zero-order chi connectivity index (χ0) is 22.3. The third kappa shape index (κ3) is 5.61. The van der Waals surface area contributed by atoms with E-state index in [0.717, 1.165) is 31.2 Å². The van der Waals surface area contributed by atoms with Gasteiger partial charge in [0, 0.05) is 13.1 Å². The van der Waals surface area contributed by atoms with Crippen molar-refractivity contribution in [2.24, 2.45) is 16.5 Å². The van der Waals surface area contributed by atoms with Crippen molar-refractivity contribution < 1.29 is 14.4 Å². The lowest BCUT2D eigenvalue weighted by molar-refractivity contribution is -0.146. The van der Waals surface area contributed by atoms with Gasteiger partial charge in [-0.05, 0) is 50.6 Å². The van der Waals surface area contributed by atoms with Crippen molar-refractivity contribution in [2.75, 3.05) is 19.6 Å². The van der Waals surface area contributed by atoms with E-state index in [1.54, 1.807) is 4.90 Å². The van der Waals surface area contributed by atoms with E-state index in [2.05, 4.69) is 15.6 Å². The first kappa shape index (κ1) is 22.7. The predicted octanol–water partition coefficient (Wildman–Crippen LogP) is -0.310. The number of nitrogens with two attached hydrogens (primary N) is 2. The Kier molecular flexibility index (Phi) is 7.62. The maximum atomic E-state index is 13.5. The summed E-state index contributed by atoms with van der Waals surface area (Å²) in [7, 11) is 0. The van der Waals surface area contributed by atoms with Gasteiger partial charge in [0.1, 0.15) is 17.9 Å². The number of likely N-dealkylation sites (tertiary alicyclic amines) is 1. The van der Waals surface area contributed by atoms with E-state index in [1.165, 1.54) is 0 Å². The molecular weight excluding hydrogens is 396 g/mol. The molecule has 3 rings (SSSR count). The van der Waals surface area contributed by atoms with Gasteiger partial charge < -0.3 is 31.8 Å². The summed E-state index contributed by atoms with van der Waals surface area (Å²) in [4.78, 5) is 43.4. The maximum Gasteiger partial charge on any atom is 0.243 e. The molecule has 0 spiro atoms. The van der Waals surface area contributed by atoms with Crippen molar-refractivity contribution in [1.29, 1.82) is 0 Å². The van der Waals surface area contributed by atoms with Gasteiger partial charge in [0.2, 0.25) is 11.8 Å². The van der Waals surface area contributed by atoms with Gasteiger partial charge in [-0.3, -0.25) is 14.6 Å². The molecule has 2 aliphatic heterocycles. The van der Waals surface area contributed by atoms with E-state index < -0.39 is 17.6 Å². The number of carbonyl (C=O) groups is 3. The highest BCUT2D eigenvalue weighted by Crippen LogP contribution is 2.30. The Morgan fingerprint density at radius 2 is 2.06 bits per heavy atom. The summed E-state index contributed by atoms with van der Waals surface area (Å²) in [5.41, 5.74) is 11.0. The van der Waals surface area contributed by atoms with Crippen LogP contribution in [-0.2, 0) is 20.8 Å². The molecule has 3 atom stereocenters. The van der Waals surface area contributed by atoms with Crippen LogP contribution in [0, 0.1) is 0 Å². The molecule has 2 heterocycles. The van der Waals surface area contributed by atoms with E-state index in [1.807, 2.05) is 30.3 Å². The lowest BCUT2D eigenvalue weighted by Gasteiger charge is -2.45. The van der Waals surface area contributed by atoms with Gasteiger partial charge in [-0.2, -0.15) is 0 Å². The number of benzene rings is 1. The zero-order valence-corrected chi connectivity index (χ0v) is 17.8. The average Bonchev–Trinajstić information content (AvgIpc) is 3.23. The highest BCUT2D eigenvalue weighted by atomic mass is 16.2. The van der Waals surface area contributed by atoms with Crippen molar-refractivity contribution in [3.8, 4) is 0 Å². The van der Waals surface area contributed by atoms with Gasteiger partial charge in [0.15, 0.2) is 5.96 Å². The Bertz CT molecular complexity index is 805. The summed E-state index contributed by atoms with van der Waals surface area (Å²) in [5.74, 6) is -0.310. The number of nitrogens with one attached hydrogen (secondary N) is 2. The smallest absolute Gasteiger partial charge is 0.243 e. The Labute approximate surface area is 182 Å². The van der Waals surface area contributed by atoms with Crippen LogP contribution < -0.4 is 22.1 Å². The highest BCUT2D eigenvalue weighted by molar-refractivity contribution is 5.94. The van der Waals surface area contributed by atoms with Gasteiger partial charge in [-0.1, -0.05) is 30.3 Å². The fourth-order valence-electron chi connectivity index (χ4n) is 4.31. The molecule has 0 saturated carbocycles. The maximum absolute atomic E-state index is 13.5. The summed E-state index contributed by atoms with van der Waals surface area (Å²) in [6, 6.07) is 8.73. The third-order valence-corrected chi connectivity index (χ3v) is 6.05. The van der Waals surface area contributed by atoms with E-state index >= 15 is 0 Å². The molecule has 2 fully saturated rings. The van der Waals surface area contributed by atoms with Crippen molar-refractivity contribution in [3.05, 3.63) is 35.9 Å². The summed E-state index contributed by atoms with van der Waals surface area (Å²) in [5, 5.41) is 6.11. The van der Waals surface area contributed by atoms with E-state index in [0.29, 0.717) is 38.8 Å². The number of hydrogen-bond acceptors (Lipinski definition) is 5. The lowest BCUT2D eigenvalue weighted by atomic mass is 9.80. The Morgan fingerprint density at radius 1 is 1.32 bits per heavy atom. The molecule has 0 aliphatic carbocycles. The van der Waals surface area contributed by atoms with E-state index in [4.69, 9.17) is 11.5 Å². The van der Waals surface area contributed by atoms with Gasteiger partial charge in [0.05, 0.1) is 6.04 Å². The second kappa shape index (κ2) is 10.4. The van der Waals surface area contributed by atoms with Crippen molar-refractivity contribution in [3.63, 3.8) is 0 Å². The van der Waals surface area contributed by atoms with Crippen LogP contribution in [0.4, 0.5) is 0 Å². The number of aldehydes is 1. The minimum absolute atomic E-state index is 0.000772. The van der Waals surface area contributed by atoms with Gasteiger partial charge in [-0.25, -0.2) is 0 Å². The van der Waals surface area contributed by atoms with Crippen LogP contribution >= 0.6 is 0 Å². The summed E-state index contributed by atoms with van der Waals surface area (Å²) >= 11 is 0. The summed E-state index contributed by atoms with van der Waals surface area (Å²) in [6.07, 6.45) is 4.43. The first-order valence-electron chi connectivity index (χ1n) is 10.9. The van der Waals surface area contributed by atoms with E-state index in [9.17, 15) is 14.4 Å². The molecule has 1 aromatic carbocycles. The molecule has 6 N–H and O–H groups in total. The van der Waals surface area contributed by atoms with Crippen LogP contribution in [0.2, 0.25) is 0 Å². The van der Waals surface area contributed by atoms with Crippen LogP contribution in [-0.4, -0.2) is 66.2 Å². The molecule has 1 unspecified atom stereocenters. The number of nitrogens with zero attached hydrogens (tertiary/aromatic N) is 2. The molecule has 0 aromatic heterocycles. The monoisotopic (exact) mass is 428 g/mol. The molecule has 9 nitrogen and oxygen atoms in total. The lowest BCUT2D eigenvalue weighted by Crippen LogP contribution is -2.68. The molecule has 9 heteroatoms. The predicted molar refractivity (Wildman–Crippen MR) is 118 cm³/mol. The van der Waals surface area contributed by atoms with Crippen molar-refractivity contribution in [1.82, 2.24) is 15.5 Å². The molecule has 2 amide bonds. The molecule has 2 saturated heterocycles. The number of aliphatic imine (C=N–C) groups is 1. The Morgan fingerprint density at radius 3 is 2.68 bits per heavy atom. The quantitative estimate of drug-likeness (QED) is 0.174. The molecule has 168 valence electrons. The number of carbonyl (C=O) groups excluding carboxylic acids is 3. The Hall–Kier alpha value is -2.94. The topological polar surface area (TPSA) is 143 Å².